The molecule has 22 heavy (non-hydrogen) atoms. The van der Waals surface area contributed by atoms with Crippen LogP contribution >= 0.6 is 0 Å². The molecule has 3 rings (SSSR count). The molecule has 0 spiro atoms. The fourth-order valence-electron chi connectivity index (χ4n) is 3.08. The van der Waals surface area contributed by atoms with Gasteiger partial charge in [-0.1, -0.05) is 18.2 Å². The largest absolute Gasteiger partial charge is 0.352 e. The Morgan fingerprint density at radius 2 is 2.14 bits per heavy atom. The molecule has 5 nitrogen and oxygen atoms in total. The first-order valence-corrected chi connectivity index (χ1v) is 9.29. The quantitative estimate of drug-likeness (QED) is 0.926. The fraction of sp³-hybridized carbons (Fsp3) is 0.438. The van der Waals surface area contributed by atoms with Crippen LogP contribution in [0, 0.1) is 0 Å². The van der Waals surface area contributed by atoms with Crippen molar-refractivity contribution in [1.29, 1.82) is 0 Å². The van der Waals surface area contributed by atoms with Gasteiger partial charge >= 0.3 is 0 Å². The van der Waals surface area contributed by atoms with E-state index in [-0.39, 0.29) is 23.5 Å². The van der Waals surface area contributed by atoms with E-state index in [1.165, 1.54) is 5.39 Å². The van der Waals surface area contributed by atoms with Gasteiger partial charge in [0.2, 0.25) is 5.91 Å². The van der Waals surface area contributed by atoms with Crippen LogP contribution in [0.4, 0.5) is 0 Å². The van der Waals surface area contributed by atoms with Crippen molar-refractivity contribution in [1.82, 2.24) is 9.88 Å². The second-order valence-electron chi connectivity index (χ2n) is 5.95. The van der Waals surface area contributed by atoms with E-state index in [9.17, 15) is 13.2 Å². The van der Waals surface area contributed by atoms with Gasteiger partial charge in [-0.15, -0.1) is 0 Å². The van der Waals surface area contributed by atoms with Crippen LogP contribution in [-0.4, -0.2) is 36.4 Å². The first kappa shape index (κ1) is 15.1. The predicted octanol–water partition coefficient (Wildman–Crippen LogP) is 1.41. The lowest BCUT2D eigenvalue weighted by Crippen LogP contribution is -2.35. The van der Waals surface area contributed by atoms with E-state index in [4.69, 9.17) is 0 Å². The summed E-state index contributed by atoms with van der Waals surface area (Å²) >= 11 is 0. The maximum absolute atomic E-state index is 12.0. The number of para-hydroxylation sites is 1. The topological polar surface area (TPSA) is 68.2 Å². The molecule has 1 fully saturated rings. The highest BCUT2D eigenvalue weighted by Crippen LogP contribution is 2.21. The zero-order chi connectivity index (χ0) is 15.7. The van der Waals surface area contributed by atoms with Crippen LogP contribution in [0.2, 0.25) is 0 Å². The number of hydrogen-bond donors (Lipinski definition) is 1. The van der Waals surface area contributed by atoms with E-state index < -0.39 is 9.84 Å². The van der Waals surface area contributed by atoms with Crippen LogP contribution < -0.4 is 5.32 Å². The standard InChI is InChI=1S/C16H20N2O3S/c1-18-10-12(14-4-2-3-5-15(14)18)6-7-16(19)17-13-8-9-22(20,21)11-13/h2-5,10,13H,6-9,11H2,1H3,(H,17,19)/t13-/m0/s1. The molecule has 1 aliphatic rings. The molecule has 0 radical (unpaired) electrons. The third-order valence-corrected chi connectivity index (χ3v) is 5.97. The van der Waals surface area contributed by atoms with Crippen LogP contribution in [0.25, 0.3) is 10.9 Å². The highest BCUT2D eigenvalue weighted by Gasteiger charge is 2.28. The highest BCUT2D eigenvalue weighted by atomic mass is 32.2. The van der Waals surface area contributed by atoms with Gasteiger partial charge < -0.3 is 9.88 Å². The predicted molar refractivity (Wildman–Crippen MR) is 86.4 cm³/mol. The van der Waals surface area contributed by atoms with Gasteiger partial charge in [0.05, 0.1) is 11.5 Å². The minimum Gasteiger partial charge on any atom is -0.352 e. The molecule has 2 heterocycles. The first-order valence-electron chi connectivity index (χ1n) is 7.47. The molecule has 1 aromatic carbocycles. The smallest absolute Gasteiger partial charge is 0.220 e. The second-order valence-corrected chi connectivity index (χ2v) is 8.18. The number of aromatic nitrogens is 1. The number of nitrogens with zero attached hydrogens (tertiary/aromatic N) is 1. The van der Waals surface area contributed by atoms with Gasteiger partial charge in [-0.05, 0) is 24.5 Å². The van der Waals surface area contributed by atoms with Crippen molar-refractivity contribution in [3.63, 3.8) is 0 Å². The van der Waals surface area contributed by atoms with Crippen molar-refractivity contribution < 1.29 is 13.2 Å². The Kier molecular flexibility index (Phi) is 3.95. The zero-order valence-electron chi connectivity index (χ0n) is 12.6. The van der Waals surface area contributed by atoms with E-state index in [0.29, 0.717) is 19.3 Å². The number of hydrogen-bond acceptors (Lipinski definition) is 3. The van der Waals surface area contributed by atoms with Crippen LogP contribution in [-0.2, 0) is 28.1 Å². The summed E-state index contributed by atoms with van der Waals surface area (Å²) in [6.07, 6.45) is 3.62. The molecule has 1 atom stereocenters. The molecular weight excluding hydrogens is 300 g/mol. The molecule has 0 unspecified atom stereocenters. The SMILES string of the molecule is Cn1cc(CCC(=O)N[C@H]2CCS(=O)(=O)C2)c2ccccc21. The van der Waals surface area contributed by atoms with Crippen LogP contribution in [0.3, 0.4) is 0 Å². The van der Waals surface area contributed by atoms with Crippen LogP contribution in [0.5, 0.6) is 0 Å². The molecule has 0 aliphatic carbocycles. The second kappa shape index (κ2) is 5.76. The molecule has 6 heteroatoms. The summed E-state index contributed by atoms with van der Waals surface area (Å²) in [6, 6.07) is 7.90. The summed E-state index contributed by atoms with van der Waals surface area (Å²) < 4.78 is 24.9. The summed E-state index contributed by atoms with van der Waals surface area (Å²) in [5, 5.41) is 4.00. The van der Waals surface area contributed by atoms with E-state index in [0.717, 1.165) is 11.1 Å². The number of rotatable bonds is 4. The average molecular weight is 320 g/mol. The van der Waals surface area contributed by atoms with Gasteiger partial charge in [-0.2, -0.15) is 0 Å². The Bertz CT molecular complexity index is 808. The molecule has 2 aromatic rings. The fourth-order valence-corrected chi connectivity index (χ4v) is 4.76. The molecule has 1 aliphatic heterocycles. The van der Waals surface area contributed by atoms with Crippen LogP contribution in [0.1, 0.15) is 18.4 Å². The normalized spacial score (nSPS) is 20.3. The highest BCUT2D eigenvalue weighted by molar-refractivity contribution is 7.91. The Labute approximate surface area is 130 Å². The summed E-state index contributed by atoms with van der Waals surface area (Å²) in [5.41, 5.74) is 2.30. The van der Waals surface area contributed by atoms with Crippen molar-refractivity contribution >= 4 is 26.6 Å². The van der Waals surface area contributed by atoms with Crippen molar-refractivity contribution in [2.24, 2.45) is 7.05 Å². The molecular formula is C16H20N2O3S. The van der Waals surface area contributed by atoms with Gasteiger partial charge in [0, 0.05) is 36.6 Å². The lowest BCUT2D eigenvalue weighted by molar-refractivity contribution is -0.121. The Balaban J connectivity index is 1.61. The molecule has 1 amide bonds. The number of carbonyl (C=O) groups is 1. The molecule has 118 valence electrons. The van der Waals surface area contributed by atoms with Gasteiger partial charge in [0.1, 0.15) is 0 Å². The first-order chi connectivity index (χ1) is 10.4. The van der Waals surface area contributed by atoms with Crippen molar-refractivity contribution in [2.45, 2.75) is 25.3 Å². The van der Waals surface area contributed by atoms with Crippen LogP contribution in [0.15, 0.2) is 30.5 Å². The molecule has 1 N–H and O–H groups in total. The maximum atomic E-state index is 12.0. The molecule has 0 bridgehead atoms. The lowest BCUT2D eigenvalue weighted by Gasteiger charge is -2.10. The van der Waals surface area contributed by atoms with Crippen molar-refractivity contribution in [3.05, 3.63) is 36.0 Å². The lowest BCUT2D eigenvalue weighted by atomic mass is 10.1. The number of sulfone groups is 1. The molecule has 1 aromatic heterocycles. The third-order valence-electron chi connectivity index (χ3n) is 4.20. The Hall–Kier alpha value is -1.82. The Morgan fingerprint density at radius 3 is 2.86 bits per heavy atom. The minimum absolute atomic E-state index is 0.0740. The molecule has 0 saturated carbocycles. The minimum atomic E-state index is -2.95. The third kappa shape index (κ3) is 3.16. The Morgan fingerprint density at radius 1 is 1.36 bits per heavy atom. The van der Waals surface area contributed by atoms with E-state index in [1.54, 1.807) is 0 Å². The van der Waals surface area contributed by atoms with E-state index in [1.807, 2.05) is 19.2 Å². The number of nitrogens with one attached hydrogen (secondary N) is 1. The summed E-state index contributed by atoms with van der Waals surface area (Å²) in [5.74, 6) is 0.184. The number of aryl methyl sites for hydroxylation is 2. The van der Waals surface area contributed by atoms with E-state index >= 15 is 0 Å². The van der Waals surface area contributed by atoms with Gasteiger partial charge in [0.25, 0.3) is 0 Å². The van der Waals surface area contributed by atoms with E-state index in [2.05, 4.69) is 28.2 Å². The van der Waals surface area contributed by atoms with Gasteiger partial charge in [0.15, 0.2) is 9.84 Å². The number of benzene rings is 1. The van der Waals surface area contributed by atoms with Gasteiger partial charge in [-0.25, -0.2) is 8.42 Å². The monoisotopic (exact) mass is 320 g/mol. The van der Waals surface area contributed by atoms with Crippen molar-refractivity contribution in [2.75, 3.05) is 11.5 Å². The van der Waals surface area contributed by atoms with Gasteiger partial charge in [-0.3, -0.25) is 4.79 Å². The molecule has 1 saturated heterocycles. The number of amides is 1. The number of carbonyl (C=O) groups excluding carboxylic acids is 1. The average Bonchev–Trinajstić information content (AvgIpc) is 2.97. The number of fused-ring (bicyclic) bond motifs is 1. The maximum Gasteiger partial charge on any atom is 0.220 e. The summed E-state index contributed by atoms with van der Waals surface area (Å²) in [4.78, 5) is 12.0. The summed E-state index contributed by atoms with van der Waals surface area (Å²) in [7, 11) is -0.956. The zero-order valence-corrected chi connectivity index (χ0v) is 13.4. The van der Waals surface area contributed by atoms with Crippen molar-refractivity contribution in [3.8, 4) is 0 Å². The summed E-state index contributed by atoms with van der Waals surface area (Å²) in [6.45, 7) is 0.